The Morgan fingerprint density at radius 1 is 1.06 bits per heavy atom. The quantitative estimate of drug-likeness (QED) is 0.407. The number of aryl methyl sites for hydroxylation is 1. The van der Waals surface area contributed by atoms with E-state index in [2.05, 4.69) is 32.4 Å². The molecule has 0 fully saturated rings. The van der Waals surface area contributed by atoms with Crippen LogP contribution in [0.2, 0.25) is 0 Å². The molecular formula is C22H18FN7O2. The summed E-state index contributed by atoms with van der Waals surface area (Å²) in [5.74, 6) is 0.378. The van der Waals surface area contributed by atoms with Gasteiger partial charge in [-0.05, 0) is 29.7 Å². The minimum Gasteiger partial charge on any atom is -0.337 e. The summed E-state index contributed by atoms with van der Waals surface area (Å²) < 4.78 is 21.6. The Morgan fingerprint density at radius 2 is 1.91 bits per heavy atom. The van der Waals surface area contributed by atoms with Crippen molar-refractivity contribution >= 4 is 11.2 Å². The van der Waals surface area contributed by atoms with Gasteiger partial charge in [-0.3, -0.25) is 9.36 Å². The summed E-state index contributed by atoms with van der Waals surface area (Å²) in [6.45, 7) is 2.39. The van der Waals surface area contributed by atoms with Gasteiger partial charge in [0, 0.05) is 5.56 Å². The normalized spacial score (nSPS) is 11.3. The lowest BCUT2D eigenvalue weighted by molar-refractivity contribution is 0.369. The van der Waals surface area contributed by atoms with Crippen LogP contribution in [-0.2, 0) is 19.5 Å². The lowest BCUT2D eigenvalue weighted by atomic mass is 10.1. The molecular weight excluding hydrogens is 413 g/mol. The number of benzene rings is 2. The van der Waals surface area contributed by atoms with Gasteiger partial charge in [-0.25, -0.2) is 14.1 Å². The maximum absolute atomic E-state index is 13.4. The Hall–Kier alpha value is -4.21. The molecule has 2 aromatic carbocycles. The van der Waals surface area contributed by atoms with E-state index in [1.54, 1.807) is 12.1 Å². The second kappa shape index (κ2) is 8.14. The van der Waals surface area contributed by atoms with Crippen LogP contribution < -0.4 is 5.56 Å². The molecule has 5 aromatic rings. The van der Waals surface area contributed by atoms with Gasteiger partial charge >= 0.3 is 0 Å². The monoisotopic (exact) mass is 431 g/mol. The first-order chi connectivity index (χ1) is 15.6. The first-order valence-electron chi connectivity index (χ1n) is 10.1. The third-order valence-corrected chi connectivity index (χ3v) is 5.11. The highest BCUT2D eigenvalue weighted by atomic mass is 19.1. The predicted octanol–water partition coefficient (Wildman–Crippen LogP) is 2.84. The molecule has 32 heavy (non-hydrogen) atoms. The summed E-state index contributed by atoms with van der Waals surface area (Å²) in [6, 6.07) is 14.0. The van der Waals surface area contributed by atoms with Gasteiger partial charge in [0.15, 0.2) is 11.2 Å². The highest BCUT2D eigenvalue weighted by molar-refractivity contribution is 5.67. The van der Waals surface area contributed by atoms with Gasteiger partial charge in [0.2, 0.25) is 11.7 Å². The smallest absolute Gasteiger partial charge is 0.283 e. The maximum atomic E-state index is 13.4. The number of halogens is 1. The first-order valence-corrected chi connectivity index (χ1v) is 10.1. The topological polar surface area (TPSA) is 105 Å². The van der Waals surface area contributed by atoms with Gasteiger partial charge in [0.25, 0.3) is 5.56 Å². The van der Waals surface area contributed by atoms with Crippen LogP contribution in [0.4, 0.5) is 4.39 Å². The van der Waals surface area contributed by atoms with Crippen LogP contribution in [0.25, 0.3) is 22.6 Å². The minimum absolute atomic E-state index is 0.0541. The van der Waals surface area contributed by atoms with Crippen molar-refractivity contribution in [1.29, 1.82) is 0 Å². The predicted molar refractivity (Wildman–Crippen MR) is 113 cm³/mol. The highest BCUT2D eigenvalue weighted by Crippen LogP contribution is 2.17. The van der Waals surface area contributed by atoms with Crippen molar-refractivity contribution in [3.05, 3.63) is 88.0 Å². The number of nitrogens with zero attached hydrogens (tertiary/aromatic N) is 7. The van der Waals surface area contributed by atoms with Crippen LogP contribution in [0, 0.1) is 5.82 Å². The van der Waals surface area contributed by atoms with Crippen molar-refractivity contribution in [2.45, 2.75) is 26.4 Å². The Bertz CT molecular complexity index is 1450. The Kier molecular flexibility index (Phi) is 5.02. The standard InChI is InChI=1S/C22H18FN7O2/c1-2-14-6-8-16(9-7-14)20-25-18(32-27-20)12-29-13-24-21-19(22(29)31)26-28-30(21)11-15-4-3-5-17(23)10-15/h3-10,13H,2,11-12H2,1H3. The molecule has 0 unspecified atom stereocenters. The third-order valence-electron chi connectivity index (χ3n) is 5.11. The van der Waals surface area contributed by atoms with Gasteiger partial charge in [-0.1, -0.05) is 53.7 Å². The summed E-state index contributed by atoms with van der Waals surface area (Å²) >= 11 is 0. The van der Waals surface area contributed by atoms with Crippen LogP contribution >= 0.6 is 0 Å². The fraction of sp³-hybridized carbons (Fsp3) is 0.182. The van der Waals surface area contributed by atoms with Gasteiger partial charge in [-0.15, -0.1) is 5.10 Å². The van der Waals surface area contributed by atoms with Gasteiger partial charge in [0.05, 0.1) is 6.54 Å². The molecule has 9 nitrogen and oxygen atoms in total. The average Bonchev–Trinajstić information content (AvgIpc) is 3.44. The molecule has 0 N–H and O–H groups in total. The van der Waals surface area contributed by atoms with Crippen molar-refractivity contribution in [3.63, 3.8) is 0 Å². The van der Waals surface area contributed by atoms with Crippen molar-refractivity contribution in [3.8, 4) is 11.4 Å². The largest absolute Gasteiger partial charge is 0.337 e. The van der Waals surface area contributed by atoms with Crippen LogP contribution in [0.15, 0.2) is 64.2 Å². The lowest BCUT2D eigenvalue weighted by Gasteiger charge is -2.03. The Balaban J connectivity index is 1.39. The van der Waals surface area contributed by atoms with E-state index >= 15 is 0 Å². The third kappa shape index (κ3) is 3.78. The zero-order valence-corrected chi connectivity index (χ0v) is 17.1. The number of aromatic nitrogens is 7. The molecule has 0 aliphatic heterocycles. The van der Waals surface area contributed by atoms with Crippen molar-refractivity contribution in [2.75, 3.05) is 0 Å². The molecule has 0 aliphatic carbocycles. The van der Waals surface area contributed by atoms with E-state index in [1.165, 1.54) is 33.3 Å². The van der Waals surface area contributed by atoms with E-state index in [9.17, 15) is 9.18 Å². The Labute approximate surface area is 181 Å². The zero-order chi connectivity index (χ0) is 22.1. The molecule has 0 radical (unpaired) electrons. The zero-order valence-electron chi connectivity index (χ0n) is 17.1. The maximum Gasteiger partial charge on any atom is 0.283 e. The van der Waals surface area contributed by atoms with E-state index < -0.39 is 0 Å². The molecule has 160 valence electrons. The molecule has 3 heterocycles. The van der Waals surface area contributed by atoms with Crippen LogP contribution in [0.1, 0.15) is 23.9 Å². The van der Waals surface area contributed by atoms with E-state index in [1.807, 2.05) is 24.3 Å². The molecule has 0 atom stereocenters. The van der Waals surface area contributed by atoms with Crippen LogP contribution in [-0.4, -0.2) is 34.7 Å². The summed E-state index contributed by atoms with van der Waals surface area (Å²) in [6.07, 6.45) is 2.33. The molecule has 5 rings (SSSR count). The molecule has 10 heteroatoms. The molecule has 0 saturated carbocycles. The van der Waals surface area contributed by atoms with E-state index in [0.29, 0.717) is 17.0 Å². The van der Waals surface area contributed by atoms with Crippen LogP contribution in [0.5, 0.6) is 0 Å². The van der Waals surface area contributed by atoms with E-state index in [-0.39, 0.29) is 35.9 Å². The molecule has 3 aromatic heterocycles. The summed E-state index contributed by atoms with van der Waals surface area (Å²) in [5.41, 5.74) is 2.78. The number of hydrogen-bond acceptors (Lipinski definition) is 7. The number of rotatable bonds is 6. The SMILES string of the molecule is CCc1ccc(-c2noc(Cn3cnc4c(nnn4Cc4cccc(F)c4)c3=O)n2)cc1. The van der Waals surface area contributed by atoms with Gasteiger partial charge in [-0.2, -0.15) is 4.98 Å². The fourth-order valence-corrected chi connectivity index (χ4v) is 3.39. The van der Waals surface area contributed by atoms with Gasteiger partial charge < -0.3 is 4.52 Å². The highest BCUT2D eigenvalue weighted by Gasteiger charge is 2.15. The molecule has 0 aliphatic rings. The number of hydrogen-bond donors (Lipinski definition) is 0. The van der Waals surface area contributed by atoms with Crippen molar-refractivity contribution in [1.82, 2.24) is 34.7 Å². The lowest BCUT2D eigenvalue weighted by Crippen LogP contribution is -2.21. The second-order valence-corrected chi connectivity index (χ2v) is 7.29. The van der Waals surface area contributed by atoms with Crippen molar-refractivity contribution < 1.29 is 8.91 Å². The van der Waals surface area contributed by atoms with E-state index in [0.717, 1.165) is 12.0 Å². The summed E-state index contributed by atoms with van der Waals surface area (Å²) in [4.78, 5) is 21.6. The molecule has 0 bridgehead atoms. The minimum atomic E-state index is -0.382. The summed E-state index contributed by atoms with van der Waals surface area (Å²) in [7, 11) is 0. The van der Waals surface area contributed by atoms with Crippen molar-refractivity contribution in [2.24, 2.45) is 0 Å². The van der Waals surface area contributed by atoms with E-state index in [4.69, 9.17) is 4.52 Å². The molecule has 0 saturated heterocycles. The Morgan fingerprint density at radius 3 is 2.69 bits per heavy atom. The average molecular weight is 431 g/mol. The first kappa shape index (κ1) is 19.7. The summed E-state index contributed by atoms with van der Waals surface area (Å²) in [5, 5.41) is 12.0. The van der Waals surface area contributed by atoms with Crippen LogP contribution in [0.3, 0.4) is 0 Å². The molecule has 0 spiro atoms. The molecule has 0 amide bonds. The van der Waals surface area contributed by atoms with Gasteiger partial charge in [0.1, 0.15) is 18.7 Å². The fourth-order valence-electron chi connectivity index (χ4n) is 3.39. The second-order valence-electron chi connectivity index (χ2n) is 7.29. The number of fused-ring (bicyclic) bond motifs is 1.